The number of ether oxygens (including phenoxy) is 2. The number of piperidine rings is 1. The minimum atomic E-state index is -0.210. The van der Waals surface area contributed by atoms with Crippen LogP contribution in [0.1, 0.15) is 24.8 Å². The highest BCUT2D eigenvalue weighted by molar-refractivity contribution is 5.67. The number of carbonyl (C=O) groups excluding carboxylic acids is 1. The third kappa shape index (κ3) is 2.73. The molecule has 2 aliphatic heterocycles. The van der Waals surface area contributed by atoms with Gasteiger partial charge < -0.3 is 14.4 Å². The zero-order valence-electron chi connectivity index (χ0n) is 11.0. The van der Waals surface area contributed by atoms with E-state index in [4.69, 9.17) is 9.47 Å². The van der Waals surface area contributed by atoms with Crippen LogP contribution in [0.25, 0.3) is 0 Å². The van der Waals surface area contributed by atoms with Gasteiger partial charge in [-0.1, -0.05) is 30.3 Å². The molecule has 0 unspecified atom stereocenters. The largest absolute Gasteiger partial charge is 0.445 e. The van der Waals surface area contributed by atoms with E-state index < -0.39 is 0 Å². The van der Waals surface area contributed by atoms with E-state index in [9.17, 15) is 4.79 Å². The van der Waals surface area contributed by atoms with Crippen molar-refractivity contribution in [2.75, 3.05) is 19.7 Å². The molecule has 19 heavy (non-hydrogen) atoms. The molecule has 2 aliphatic rings. The van der Waals surface area contributed by atoms with E-state index in [0.717, 1.165) is 44.5 Å². The summed E-state index contributed by atoms with van der Waals surface area (Å²) in [7, 11) is 0. The first kappa shape index (κ1) is 12.5. The Morgan fingerprint density at radius 1 is 1.21 bits per heavy atom. The molecule has 0 N–H and O–H groups in total. The van der Waals surface area contributed by atoms with Crippen molar-refractivity contribution in [2.45, 2.75) is 31.5 Å². The van der Waals surface area contributed by atoms with Crippen molar-refractivity contribution >= 4 is 6.09 Å². The summed E-state index contributed by atoms with van der Waals surface area (Å²) >= 11 is 0. The molecule has 1 aromatic rings. The van der Waals surface area contributed by atoms with Crippen LogP contribution in [0.15, 0.2) is 30.3 Å². The maximum atomic E-state index is 12.0. The Balaban J connectivity index is 1.46. The number of likely N-dealkylation sites (tertiary alicyclic amines) is 1. The summed E-state index contributed by atoms with van der Waals surface area (Å²) in [5.41, 5.74) is 1.10. The summed E-state index contributed by atoms with van der Waals surface area (Å²) in [5, 5.41) is 0. The number of hydrogen-bond donors (Lipinski definition) is 0. The molecule has 2 fully saturated rings. The predicted molar refractivity (Wildman–Crippen MR) is 70.7 cm³/mol. The van der Waals surface area contributed by atoms with Gasteiger partial charge in [0.15, 0.2) is 0 Å². The van der Waals surface area contributed by atoms with Gasteiger partial charge in [0.05, 0.1) is 12.2 Å². The number of rotatable bonds is 2. The van der Waals surface area contributed by atoms with Gasteiger partial charge in [0, 0.05) is 13.1 Å². The van der Waals surface area contributed by atoms with Crippen LogP contribution in [0, 0.1) is 0 Å². The Hall–Kier alpha value is -1.55. The smallest absolute Gasteiger partial charge is 0.410 e. The summed E-state index contributed by atoms with van der Waals surface area (Å²) in [6.07, 6.45) is 2.80. The maximum absolute atomic E-state index is 12.0. The topological polar surface area (TPSA) is 38.8 Å². The number of nitrogens with zero attached hydrogens (tertiary/aromatic N) is 1. The first-order valence-corrected chi connectivity index (χ1v) is 6.87. The van der Waals surface area contributed by atoms with E-state index in [-0.39, 0.29) is 11.7 Å². The first-order valence-electron chi connectivity index (χ1n) is 6.87. The van der Waals surface area contributed by atoms with Crippen molar-refractivity contribution in [2.24, 2.45) is 0 Å². The zero-order chi connectivity index (χ0) is 13.1. The first-order chi connectivity index (χ1) is 9.27. The Morgan fingerprint density at radius 2 is 1.89 bits per heavy atom. The van der Waals surface area contributed by atoms with Gasteiger partial charge in [0.2, 0.25) is 0 Å². The summed E-state index contributed by atoms with van der Waals surface area (Å²) < 4.78 is 11.0. The molecule has 0 aromatic heterocycles. The highest BCUT2D eigenvalue weighted by atomic mass is 16.6. The molecule has 0 bridgehead atoms. The molecule has 3 rings (SSSR count). The van der Waals surface area contributed by atoms with Gasteiger partial charge >= 0.3 is 6.09 Å². The number of hydrogen-bond acceptors (Lipinski definition) is 3. The van der Waals surface area contributed by atoms with Gasteiger partial charge in [-0.15, -0.1) is 0 Å². The van der Waals surface area contributed by atoms with Crippen LogP contribution in [0.4, 0.5) is 4.79 Å². The lowest BCUT2D eigenvalue weighted by atomic mass is 9.85. The molecule has 1 aromatic carbocycles. The average Bonchev–Trinajstić information content (AvgIpc) is 2.44. The molecule has 1 spiro atoms. The van der Waals surface area contributed by atoms with Crippen molar-refractivity contribution in [3.63, 3.8) is 0 Å². The monoisotopic (exact) mass is 261 g/mol. The molecule has 0 saturated carbocycles. The molecule has 2 heterocycles. The molecule has 0 atom stereocenters. The van der Waals surface area contributed by atoms with Crippen LogP contribution < -0.4 is 0 Å². The second-order valence-corrected chi connectivity index (χ2v) is 5.31. The van der Waals surface area contributed by atoms with E-state index in [1.807, 2.05) is 30.3 Å². The zero-order valence-corrected chi connectivity index (χ0v) is 11.0. The van der Waals surface area contributed by atoms with Gasteiger partial charge in [0.1, 0.15) is 6.61 Å². The third-order valence-electron chi connectivity index (χ3n) is 4.10. The fourth-order valence-electron chi connectivity index (χ4n) is 2.69. The molecule has 4 heteroatoms. The van der Waals surface area contributed by atoms with Crippen molar-refractivity contribution in [1.82, 2.24) is 4.90 Å². The van der Waals surface area contributed by atoms with Crippen LogP contribution in [0.5, 0.6) is 0 Å². The summed E-state index contributed by atoms with van der Waals surface area (Å²) in [6, 6.07) is 9.76. The van der Waals surface area contributed by atoms with E-state index in [0.29, 0.717) is 6.61 Å². The predicted octanol–water partition coefficient (Wildman–Crippen LogP) is 2.58. The second kappa shape index (κ2) is 5.21. The summed E-state index contributed by atoms with van der Waals surface area (Å²) in [4.78, 5) is 13.7. The van der Waals surface area contributed by atoms with Crippen molar-refractivity contribution in [3.05, 3.63) is 35.9 Å². The Labute approximate surface area is 113 Å². The number of benzene rings is 1. The van der Waals surface area contributed by atoms with E-state index in [2.05, 4.69) is 0 Å². The molecular formula is C15H19NO3. The van der Waals surface area contributed by atoms with E-state index >= 15 is 0 Å². The van der Waals surface area contributed by atoms with Crippen molar-refractivity contribution in [1.29, 1.82) is 0 Å². The van der Waals surface area contributed by atoms with Crippen LogP contribution in [0.3, 0.4) is 0 Å². The second-order valence-electron chi connectivity index (χ2n) is 5.31. The highest BCUT2D eigenvalue weighted by Crippen LogP contribution is 2.36. The molecule has 0 aliphatic carbocycles. The fourth-order valence-corrected chi connectivity index (χ4v) is 2.69. The summed E-state index contributed by atoms with van der Waals surface area (Å²) in [6.45, 7) is 2.71. The quantitative estimate of drug-likeness (QED) is 0.821. The fraction of sp³-hybridized carbons (Fsp3) is 0.533. The Kier molecular flexibility index (Phi) is 3.42. The van der Waals surface area contributed by atoms with Crippen LogP contribution in [-0.4, -0.2) is 36.3 Å². The lowest BCUT2D eigenvalue weighted by Gasteiger charge is -2.47. The number of amides is 1. The molecule has 0 radical (unpaired) electrons. The minimum Gasteiger partial charge on any atom is -0.445 e. The van der Waals surface area contributed by atoms with Gasteiger partial charge in [-0.2, -0.15) is 0 Å². The van der Waals surface area contributed by atoms with Crippen molar-refractivity contribution < 1.29 is 14.3 Å². The van der Waals surface area contributed by atoms with Crippen molar-refractivity contribution in [3.8, 4) is 0 Å². The summed E-state index contributed by atoms with van der Waals surface area (Å²) in [5.74, 6) is 0. The van der Waals surface area contributed by atoms with Crippen LogP contribution >= 0.6 is 0 Å². The maximum Gasteiger partial charge on any atom is 0.410 e. The third-order valence-corrected chi connectivity index (χ3v) is 4.10. The SMILES string of the molecule is O=C(OCc1ccccc1)N1CCC2(CCO2)CC1. The van der Waals surface area contributed by atoms with Crippen LogP contribution in [0.2, 0.25) is 0 Å². The Bertz CT molecular complexity index is 432. The van der Waals surface area contributed by atoms with E-state index in [1.54, 1.807) is 4.90 Å². The Morgan fingerprint density at radius 3 is 2.47 bits per heavy atom. The van der Waals surface area contributed by atoms with Gasteiger partial charge in [-0.3, -0.25) is 0 Å². The molecule has 102 valence electrons. The highest BCUT2D eigenvalue weighted by Gasteiger charge is 2.42. The molecular weight excluding hydrogens is 242 g/mol. The minimum absolute atomic E-state index is 0.0796. The molecule has 2 saturated heterocycles. The van der Waals surface area contributed by atoms with Gasteiger partial charge in [0.25, 0.3) is 0 Å². The standard InChI is InChI=1S/C15H19NO3/c17-14(18-12-13-4-2-1-3-5-13)16-9-6-15(7-10-16)8-11-19-15/h1-5H,6-12H2. The van der Waals surface area contributed by atoms with Gasteiger partial charge in [-0.05, 0) is 24.8 Å². The lowest BCUT2D eigenvalue weighted by molar-refractivity contribution is -0.170. The molecule has 1 amide bonds. The molecule has 4 nitrogen and oxygen atoms in total. The average molecular weight is 261 g/mol. The normalized spacial score (nSPS) is 20.9. The van der Waals surface area contributed by atoms with Crippen LogP contribution in [-0.2, 0) is 16.1 Å². The number of carbonyl (C=O) groups is 1. The van der Waals surface area contributed by atoms with E-state index in [1.165, 1.54) is 0 Å². The van der Waals surface area contributed by atoms with Gasteiger partial charge in [-0.25, -0.2) is 4.79 Å². The lowest BCUT2D eigenvalue weighted by Crippen LogP contribution is -2.53.